The zero-order valence-corrected chi connectivity index (χ0v) is 11.3. The first-order valence-electron chi connectivity index (χ1n) is 6.80. The van der Waals surface area contributed by atoms with Gasteiger partial charge in [-0.15, -0.1) is 0 Å². The van der Waals surface area contributed by atoms with Gasteiger partial charge in [-0.1, -0.05) is 0 Å². The lowest BCUT2D eigenvalue weighted by atomic mass is 10.0. The Morgan fingerprint density at radius 3 is 2.44 bits per heavy atom. The summed E-state index contributed by atoms with van der Waals surface area (Å²) in [5.41, 5.74) is 0. The van der Waals surface area contributed by atoms with Gasteiger partial charge in [0.2, 0.25) is 0 Å². The molecule has 0 unspecified atom stereocenters. The minimum absolute atomic E-state index is 0.198. The maximum atomic E-state index is 12.2. The smallest absolute Gasteiger partial charge is 0.320 e. The maximum absolute atomic E-state index is 12.2. The van der Waals surface area contributed by atoms with E-state index >= 15 is 0 Å². The number of carbonyl (C=O) groups is 1. The number of rotatable bonds is 3. The Morgan fingerprint density at radius 2 is 1.94 bits per heavy atom. The Balaban J connectivity index is 1.88. The van der Waals surface area contributed by atoms with Crippen LogP contribution in [0.25, 0.3) is 0 Å². The fourth-order valence-corrected chi connectivity index (χ4v) is 2.88. The van der Waals surface area contributed by atoms with Crippen molar-refractivity contribution in [2.45, 2.75) is 38.8 Å². The third-order valence-corrected chi connectivity index (χ3v) is 3.99. The summed E-state index contributed by atoms with van der Waals surface area (Å²) in [6.45, 7) is 8.23. The van der Waals surface area contributed by atoms with Crippen LogP contribution in [-0.4, -0.2) is 65.5 Å². The number of nitriles is 1. The second-order valence-electron chi connectivity index (χ2n) is 5.43. The average molecular weight is 250 g/mol. The molecular weight excluding hydrogens is 228 g/mol. The highest BCUT2D eigenvalue weighted by Gasteiger charge is 2.35. The highest BCUT2D eigenvalue weighted by Crippen LogP contribution is 2.22. The van der Waals surface area contributed by atoms with E-state index in [0.717, 1.165) is 39.0 Å². The van der Waals surface area contributed by atoms with Gasteiger partial charge < -0.3 is 9.80 Å². The number of hydrogen-bond donors (Lipinski definition) is 0. The third-order valence-electron chi connectivity index (χ3n) is 3.99. The molecule has 5 nitrogen and oxygen atoms in total. The van der Waals surface area contributed by atoms with Gasteiger partial charge in [0, 0.05) is 38.3 Å². The van der Waals surface area contributed by atoms with Crippen molar-refractivity contribution in [2.24, 2.45) is 0 Å². The molecule has 0 aromatic heterocycles. The fourth-order valence-electron chi connectivity index (χ4n) is 2.88. The van der Waals surface area contributed by atoms with E-state index in [1.165, 1.54) is 0 Å². The van der Waals surface area contributed by atoms with Crippen molar-refractivity contribution < 1.29 is 4.79 Å². The van der Waals surface area contributed by atoms with Gasteiger partial charge in [0.05, 0.1) is 12.6 Å². The first-order chi connectivity index (χ1) is 8.63. The molecule has 0 aliphatic carbocycles. The lowest BCUT2D eigenvalue weighted by molar-refractivity contribution is 0.133. The number of urea groups is 1. The van der Waals surface area contributed by atoms with E-state index in [9.17, 15) is 4.79 Å². The van der Waals surface area contributed by atoms with Gasteiger partial charge in [-0.3, -0.25) is 4.90 Å². The van der Waals surface area contributed by atoms with Crippen molar-refractivity contribution in [3.63, 3.8) is 0 Å². The summed E-state index contributed by atoms with van der Waals surface area (Å²) in [4.78, 5) is 18.4. The van der Waals surface area contributed by atoms with Crippen LogP contribution in [0.4, 0.5) is 4.79 Å². The molecule has 2 heterocycles. The lowest BCUT2D eigenvalue weighted by Crippen LogP contribution is -2.47. The van der Waals surface area contributed by atoms with Crippen LogP contribution in [0.2, 0.25) is 0 Å². The highest BCUT2D eigenvalue weighted by atomic mass is 16.2. The van der Waals surface area contributed by atoms with Crippen molar-refractivity contribution in [1.29, 1.82) is 5.26 Å². The van der Waals surface area contributed by atoms with Gasteiger partial charge in [-0.05, 0) is 26.7 Å². The third kappa shape index (κ3) is 2.59. The molecule has 2 fully saturated rings. The first kappa shape index (κ1) is 13.2. The van der Waals surface area contributed by atoms with E-state index in [4.69, 9.17) is 5.26 Å². The Morgan fingerprint density at radius 1 is 1.28 bits per heavy atom. The molecule has 2 saturated heterocycles. The molecule has 2 amide bonds. The number of nitrogens with zero attached hydrogens (tertiary/aromatic N) is 4. The lowest BCUT2D eigenvalue weighted by Gasteiger charge is -2.35. The van der Waals surface area contributed by atoms with Crippen molar-refractivity contribution in [3.05, 3.63) is 0 Å². The van der Waals surface area contributed by atoms with Gasteiger partial charge in [-0.2, -0.15) is 5.26 Å². The summed E-state index contributed by atoms with van der Waals surface area (Å²) in [6, 6.07) is 3.05. The monoisotopic (exact) mass is 250 g/mol. The minimum atomic E-state index is 0.198. The van der Waals surface area contributed by atoms with E-state index < -0.39 is 0 Å². The van der Waals surface area contributed by atoms with Crippen LogP contribution in [0.3, 0.4) is 0 Å². The SMILES string of the molecule is CC(C)N1CCN(C2CCN(CC#N)CC2)C1=O. The molecule has 2 aliphatic heterocycles. The molecule has 0 saturated carbocycles. The van der Waals surface area contributed by atoms with Gasteiger partial charge in [0.25, 0.3) is 0 Å². The molecule has 0 atom stereocenters. The number of piperidine rings is 1. The van der Waals surface area contributed by atoms with E-state index in [1.807, 2.05) is 9.80 Å². The van der Waals surface area contributed by atoms with Crippen LogP contribution in [0.5, 0.6) is 0 Å². The number of carbonyl (C=O) groups excluding carboxylic acids is 1. The molecule has 2 aliphatic rings. The summed E-state index contributed by atoms with van der Waals surface area (Å²) in [7, 11) is 0. The molecule has 5 heteroatoms. The molecule has 18 heavy (non-hydrogen) atoms. The normalized spacial score (nSPS) is 22.9. The van der Waals surface area contributed by atoms with Gasteiger partial charge in [-0.25, -0.2) is 4.79 Å². The van der Waals surface area contributed by atoms with Crippen molar-refractivity contribution in [2.75, 3.05) is 32.7 Å². The Labute approximate surface area is 109 Å². The predicted molar refractivity (Wildman–Crippen MR) is 69.0 cm³/mol. The molecular formula is C13H22N4O. The predicted octanol–water partition coefficient (Wildman–Crippen LogP) is 1.12. The summed E-state index contributed by atoms with van der Waals surface area (Å²) < 4.78 is 0. The molecule has 0 aromatic rings. The Bertz CT molecular complexity index is 341. The number of amides is 2. The van der Waals surface area contributed by atoms with Crippen LogP contribution in [-0.2, 0) is 0 Å². The van der Waals surface area contributed by atoms with E-state index in [0.29, 0.717) is 18.6 Å². The number of likely N-dealkylation sites (tertiary alicyclic amines) is 1. The second kappa shape index (κ2) is 5.57. The van der Waals surface area contributed by atoms with Gasteiger partial charge >= 0.3 is 6.03 Å². The minimum Gasteiger partial charge on any atom is -0.320 e. The maximum Gasteiger partial charge on any atom is 0.320 e. The van der Waals surface area contributed by atoms with Gasteiger partial charge in [0.15, 0.2) is 0 Å². The van der Waals surface area contributed by atoms with E-state index in [1.54, 1.807) is 0 Å². The molecule has 0 spiro atoms. The average Bonchev–Trinajstić information content (AvgIpc) is 2.73. The summed E-state index contributed by atoms with van der Waals surface area (Å²) in [5.74, 6) is 0. The summed E-state index contributed by atoms with van der Waals surface area (Å²) in [5, 5.41) is 8.67. The Kier molecular flexibility index (Phi) is 4.07. The summed E-state index contributed by atoms with van der Waals surface area (Å²) in [6.07, 6.45) is 2.00. The van der Waals surface area contributed by atoms with Crippen LogP contribution in [0.1, 0.15) is 26.7 Å². The molecule has 0 N–H and O–H groups in total. The first-order valence-corrected chi connectivity index (χ1v) is 6.80. The van der Waals surface area contributed by atoms with Crippen molar-refractivity contribution in [3.8, 4) is 6.07 Å². The van der Waals surface area contributed by atoms with Crippen LogP contribution in [0, 0.1) is 11.3 Å². The zero-order chi connectivity index (χ0) is 13.1. The topological polar surface area (TPSA) is 50.6 Å². The molecule has 2 rings (SSSR count). The van der Waals surface area contributed by atoms with E-state index in [2.05, 4.69) is 24.8 Å². The Hall–Kier alpha value is -1.28. The molecule has 0 aromatic carbocycles. The van der Waals surface area contributed by atoms with Crippen molar-refractivity contribution >= 4 is 6.03 Å². The molecule has 100 valence electrons. The quantitative estimate of drug-likeness (QED) is 0.705. The molecule has 0 radical (unpaired) electrons. The number of hydrogen-bond acceptors (Lipinski definition) is 3. The fraction of sp³-hybridized carbons (Fsp3) is 0.846. The van der Waals surface area contributed by atoms with Crippen LogP contribution >= 0.6 is 0 Å². The van der Waals surface area contributed by atoms with Crippen molar-refractivity contribution in [1.82, 2.24) is 14.7 Å². The highest BCUT2D eigenvalue weighted by molar-refractivity contribution is 5.77. The molecule has 0 bridgehead atoms. The summed E-state index contributed by atoms with van der Waals surface area (Å²) >= 11 is 0. The zero-order valence-electron chi connectivity index (χ0n) is 11.3. The second-order valence-corrected chi connectivity index (χ2v) is 5.43. The van der Waals surface area contributed by atoms with E-state index in [-0.39, 0.29) is 6.03 Å². The standard InChI is InChI=1S/C13H22N4O/c1-11(2)16-9-10-17(13(16)18)12-3-6-15(7-4-12)8-5-14/h11-12H,3-4,6-10H2,1-2H3. The van der Waals surface area contributed by atoms with Gasteiger partial charge in [0.1, 0.15) is 0 Å². The largest absolute Gasteiger partial charge is 0.320 e. The van der Waals surface area contributed by atoms with Crippen LogP contribution in [0.15, 0.2) is 0 Å². The van der Waals surface area contributed by atoms with Crippen LogP contribution < -0.4 is 0 Å².